The van der Waals surface area contributed by atoms with E-state index in [-0.39, 0.29) is 23.4 Å². The summed E-state index contributed by atoms with van der Waals surface area (Å²) in [5.74, 6) is 0.414. The average Bonchev–Trinajstić information content (AvgIpc) is 3.61. The minimum absolute atomic E-state index is 0.00918. The Hall–Kier alpha value is -3.31. The second kappa shape index (κ2) is 8.32. The van der Waals surface area contributed by atoms with Crippen molar-refractivity contribution in [1.82, 2.24) is 4.98 Å². The molecule has 1 heterocycles. The Morgan fingerprint density at radius 2 is 1.66 bits per heavy atom. The van der Waals surface area contributed by atoms with Gasteiger partial charge in [-0.1, -0.05) is 60.7 Å². The number of benzene rings is 3. The van der Waals surface area contributed by atoms with Crippen LogP contribution in [0.5, 0.6) is 0 Å². The molecule has 32 heavy (non-hydrogen) atoms. The van der Waals surface area contributed by atoms with Crippen LogP contribution in [0.3, 0.4) is 0 Å². The van der Waals surface area contributed by atoms with E-state index in [1.54, 1.807) is 18.3 Å². The molecule has 1 saturated carbocycles. The van der Waals surface area contributed by atoms with E-state index in [1.807, 2.05) is 66.9 Å². The molecule has 2 atom stereocenters. The summed E-state index contributed by atoms with van der Waals surface area (Å²) in [4.78, 5) is 17.3. The molecule has 0 amide bonds. The number of pyridine rings is 1. The lowest BCUT2D eigenvalue weighted by atomic mass is 10.0. The molecule has 5 rings (SSSR count). The van der Waals surface area contributed by atoms with Crippen molar-refractivity contribution >= 4 is 26.4 Å². The molecule has 2 unspecified atom stereocenters. The van der Waals surface area contributed by atoms with E-state index in [2.05, 4.69) is 11.1 Å². The van der Waals surface area contributed by atoms with Crippen molar-refractivity contribution in [1.29, 1.82) is 0 Å². The molecule has 0 bridgehead atoms. The maximum Gasteiger partial charge on any atom is 0.182 e. The average molecular weight is 442 g/mol. The smallest absolute Gasteiger partial charge is 0.182 e. The molecule has 1 aliphatic carbocycles. The number of Topliss-reactive ketones (excluding diaryl/α,β-unsaturated/α-hetero) is 1. The van der Waals surface area contributed by atoms with Crippen molar-refractivity contribution in [2.24, 2.45) is 5.92 Å². The van der Waals surface area contributed by atoms with E-state index in [0.717, 1.165) is 33.9 Å². The zero-order valence-electron chi connectivity index (χ0n) is 17.5. The number of hydrogen-bond acceptors (Lipinski definition) is 4. The Bertz CT molecular complexity index is 1380. The van der Waals surface area contributed by atoms with E-state index < -0.39 is 9.84 Å². The lowest BCUT2D eigenvalue weighted by molar-refractivity contribution is -0.119. The summed E-state index contributed by atoms with van der Waals surface area (Å²) in [6.45, 7) is 0. The van der Waals surface area contributed by atoms with Crippen molar-refractivity contribution in [2.75, 3.05) is 0 Å². The summed E-state index contributed by atoms with van der Waals surface area (Å²) in [5.41, 5.74) is 2.82. The van der Waals surface area contributed by atoms with Crippen molar-refractivity contribution in [2.45, 2.75) is 29.4 Å². The van der Waals surface area contributed by atoms with Gasteiger partial charge in [0.1, 0.15) is 5.78 Å². The third-order valence-electron chi connectivity index (χ3n) is 6.15. The molecule has 1 aliphatic rings. The van der Waals surface area contributed by atoms with E-state index in [4.69, 9.17) is 0 Å². The van der Waals surface area contributed by atoms with Gasteiger partial charge in [0, 0.05) is 30.1 Å². The summed E-state index contributed by atoms with van der Waals surface area (Å²) in [6.07, 6.45) is 4.82. The molecule has 0 spiro atoms. The third kappa shape index (κ3) is 4.34. The van der Waals surface area contributed by atoms with Gasteiger partial charge in [-0.25, -0.2) is 8.42 Å². The minimum atomic E-state index is -3.40. The highest BCUT2D eigenvalue weighted by molar-refractivity contribution is 7.90. The topological polar surface area (TPSA) is 64.1 Å². The molecular weight excluding hydrogens is 418 g/mol. The van der Waals surface area contributed by atoms with Crippen LogP contribution in [0.25, 0.3) is 10.8 Å². The number of carbonyl (C=O) groups excluding carboxylic acids is 1. The van der Waals surface area contributed by atoms with Gasteiger partial charge in [-0.3, -0.25) is 9.78 Å². The number of fused-ring (bicyclic) bond motifs is 1. The molecule has 4 aromatic rings. The van der Waals surface area contributed by atoms with Gasteiger partial charge >= 0.3 is 0 Å². The first-order valence-electron chi connectivity index (χ1n) is 10.7. The van der Waals surface area contributed by atoms with E-state index in [1.165, 1.54) is 0 Å². The Kier molecular flexibility index (Phi) is 5.35. The molecular formula is C27H23NO3S. The summed E-state index contributed by atoms with van der Waals surface area (Å²) in [6, 6.07) is 24.3. The zero-order chi connectivity index (χ0) is 22.1. The lowest BCUT2D eigenvalue weighted by Crippen LogP contribution is -2.07. The molecule has 0 aliphatic heterocycles. The van der Waals surface area contributed by atoms with E-state index >= 15 is 0 Å². The van der Waals surface area contributed by atoms with Gasteiger partial charge < -0.3 is 0 Å². The Morgan fingerprint density at radius 3 is 2.44 bits per heavy atom. The molecule has 5 heteroatoms. The quantitative estimate of drug-likeness (QED) is 0.399. The van der Waals surface area contributed by atoms with E-state index in [0.29, 0.717) is 11.3 Å². The predicted molar refractivity (Wildman–Crippen MR) is 125 cm³/mol. The first kappa shape index (κ1) is 20.6. The SMILES string of the molecule is O=C(Cc1ccc2cnccc2c1)C1CC1c1ccc(S(=O)(=O)Cc2ccccc2)cc1. The molecule has 0 saturated heterocycles. The summed E-state index contributed by atoms with van der Waals surface area (Å²) >= 11 is 0. The van der Waals surface area contributed by atoms with Crippen molar-refractivity contribution in [3.63, 3.8) is 0 Å². The standard InChI is InChI=1S/C27H23NO3S/c29-27(15-20-6-7-23-17-28-13-12-22(23)14-20)26-16-25(26)21-8-10-24(11-9-21)32(30,31)18-19-4-2-1-3-5-19/h1-14,17,25-26H,15-16,18H2. The molecule has 3 aromatic carbocycles. The molecule has 1 fully saturated rings. The Morgan fingerprint density at radius 1 is 0.875 bits per heavy atom. The van der Waals surface area contributed by atoms with Crippen LogP contribution in [0, 0.1) is 5.92 Å². The monoisotopic (exact) mass is 441 g/mol. The van der Waals surface area contributed by atoms with Gasteiger partial charge in [0.15, 0.2) is 9.84 Å². The molecule has 0 radical (unpaired) electrons. The largest absolute Gasteiger partial charge is 0.299 e. The van der Waals surface area contributed by atoms with Crippen molar-refractivity contribution in [3.05, 3.63) is 108 Å². The molecule has 4 nitrogen and oxygen atoms in total. The summed E-state index contributed by atoms with van der Waals surface area (Å²) in [7, 11) is -3.40. The molecule has 1 aromatic heterocycles. The normalized spacial score (nSPS) is 17.9. The fraction of sp³-hybridized carbons (Fsp3) is 0.185. The molecule has 160 valence electrons. The number of ketones is 1. The first-order chi connectivity index (χ1) is 15.5. The third-order valence-corrected chi connectivity index (χ3v) is 7.86. The number of hydrogen-bond donors (Lipinski definition) is 0. The number of rotatable bonds is 7. The maximum atomic E-state index is 12.8. The van der Waals surface area contributed by atoms with Gasteiger partial charge in [0.25, 0.3) is 0 Å². The Balaban J connectivity index is 1.24. The van der Waals surface area contributed by atoms with Crippen LogP contribution >= 0.6 is 0 Å². The second-order valence-electron chi connectivity index (χ2n) is 8.46. The van der Waals surface area contributed by atoms with Crippen LogP contribution in [-0.2, 0) is 26.8 Å². The van der Waals surface area contributed by atoms with Crippen molar-refractivity contribution < 1.29 is 13.2 Å². The van der Waals surface area contributed by atoms with Crippen LogP contribution in [0.1, 0.15) is 29.0 Å². The van der Waals surface area contributed by atoms with Crippen LogP contribution in [-0.4, -0.2) is 19.2 Å². The summed E-state index contributed by atoms with van der Waals surface area (Å²) in [5, 5.41) is 2.15. The molecule has 0 N–H and O–H groups in total. The maximum absolute atomic E-state index is 12.8. The fourth-order valence-corrected chi connectivity index (χ4v) is 5.64. The highest BCUT2D eigenvalue weighted by atomic mass is 32.2. The van der Waals surface area contributed by atoms with Crippen LogP contribution in [0.2, 0.25) is 0 Å². The summed E-state index contributed by atoms with van der Waals surface area (Å²) < 4.78 is 25.4. The van der Waals surface area contributed by atoms with Crippen LogP contribution < -0.4 is 0 Å². The highest BCUT2D eigenvalue weighted by Crippen LogP contribution is 2.48. The van der Waals surface area contributed by atoms with Crippen LogP contribution in [0.15, 0.2) is 96.2 Å². The first-order valence-corrected chi connectivity index (χ1v) is 12.4. The van der Waals surface area contributed by atoms with Crippen molar-refractivity contribution in [3.8, 4) is 0 Å². The number of carbonyl (C=O) groups is 1. The van der Waals surface area contributed by atoms with E-state index in [9.17, 15) is 13.2 Å². The zero-order valence-corrected chi connectivity index (χ0v) is 18.3. The Labute approximate surface area is 187 Å². The number of sulfone groups is 1. The second-order valence-corrected chi connectivity index (χ2v) is 10.5. The fourth-order valence-electron chi connectivity index (χ4n) is 4.29. The van der Waals surface area contributed by atoms with Gasteiger partial charge in [-0.15, -0.1) is 0 Å². The van der Waals surface area contributed by atoms with Gasteiger partial charge in [0.2, 0.25) is 0 Å². The highest BCUT2D eigenvalue weighted by Gasteiger charge is 2.43. The number of nitrogens with zero attached hydrogens (tertiary/aromatic N) is 1. The lowest BCUT2D eigenvalue weighted by Gasteiger charge is -2.07. The van der Waals surface area contributed by atoms with Gasteiger partial charge in [0.05, 0.1) is 10.6 Å². The minimum Gasteiger partial charge on any atom is -0.299 e. The number of aromatic nitrogens is 1. The van der Waals surface area contributed by atoms with Crippen LogP contribution in [0.4, 0.5) is 0 Å². The predicted octanol–water partition coefficient (Wildman–Crippen LogP) is 5.12. The van der Waals surface area contributed by atoms with Gasteiger partial charge in [-0.2, -0.15) is 0 Å². The van der Waals surface area contributed by atoms with Gasteiger partial charge in [-0.05, 0) is 52.6 Å².